The Morgan fingerprint density at radius 2 is 2.29 bits per heavy atom. The third kappa shape index (κ3) is 2.33. The van der Waals surface area contributed by atoms with E-state index in [1.54, 1.807) is 23.5 Å². The van der Waals surface area contributed by atoms with Crippen LogP contribution in [0, 0.1) is 5.92 Å². The van der Waals surface area contributed by atoms with E-state index in [0.29, 0.717) is 6.54 Å². The molecule has 1 N–H and O–H groups in total. The molecule has 0 aromatic carbocycles. The van der Waals surface area contributed by atoms with Crippen molar-refractivity contribution < 1.29 is 14.0 Å². The first-order valence-corrected chi connectivity index (χ1v) is 5.68. The third-order valence-electron chi connectivity index (χ3n) is 2.90. The molecule has 2 amide bonds. The first-order chi connectivity index (χ1) is 8.09. The Morgan fingerprint density at radius 1 is 1.53 bits per heavy atom. The second-order valence-electron chi connectivity index (χ2n) is 4.56. The van der Waals surface area contributed by atoms with Crippen LogP contribution in [0.3, 0.4) is 0 Å². The van der Waals surface area contributed by atoms with Crippen LogP contribution < -0.4 is 5.32 Å². The standard InChI is InChI=1S/C12H16N2O3/c1-8(2)11-12(16)13-5-10(15)14(11)6-9-3-4-17-7-9/h3-4,7-8,11H,5-6H2,1-2H3,(H,13,16). The van der Waals surface area contributed by atoms with Gasteiger partial charge in [-0.15, -0.1) is 0 Å². The molecular formula is C12H16N2O3. The molecular weight excluding hydrogens is 220 g/mol. The summed E-state index contributed by atoms with van der Waals surface area (Å²) in [5.41, 5.74) is 0.902. The molecule has 92 valence electrons. The number of carbonyl (C=O) groups is 2. The SMILES string of the molecule is CC(C)C1C(=O)NCC(=O)N1Cc1ccoc1. The molecule has 5 heteroatoms. The first kappa shape index (κ1) is 11.7. The van der Waals surface area contributed by atoms with Gasteiger partial charge in [0.05, 0.1) is 19.1 Å². The fourth-order valence-electron chi connectivity index (χ4n) is 2.09. The number of amides is 2. The summed E-state index contributed by atoms with van der Waals surface area (Å²) in [5, 5.41) is 2.62. The van der Waals surface area contributed by atoms with E-state index in [1.165, 1.54) is 0 Å². The molecule has 0 bridgehead atoms. The van der Waals surface area contributed by atoms with Gasteiger partial charge in [0.15, 0.2) is 0 Å². The summed E-state index contributed by atoms with van der Waals surface area (Å²) >= 11 is 0. The van der Waals surface area contributed by atoms with Crippen molar-refractivity contribution in [3.05, 3.63) is 24.2 Å². The van der Waals surface area contributed by atoms with Gasteiger partial charge in [-0.2, -0.15) is 0 Å². The zero-order valence-electron chi connectivity index (χ0n) is 9.97. The highest BCUT2D eigenvalue weighted by Gasteiger charge is 2.36. The Hall–Kier alpha value is -1.78. The number of nitrogens with one attached hydrogen (secondary N) is 1. The molecule has 1 saturated heterocycles. The van der Waals surface area contributed by atoms with Crippen molar-refractivity contribution in [1.82, 2.24) is 10.2 Å². The highest BCUT2D eigenvalue weighted by molar-refractivity contribution is 5.94. The van der Waals surface area contributed by atoms with E-state index in [0.717, 1.165) is 5.56 Å². The summed E-state index contributed by atoms with van der Waals surface area (Å²) in [5.74, 6) is -0.0428. The minimum atomic E-state index is -0.397. The minimum Gasteiger partial charge on any atom is -0.472 e. The Bertz CT molecular complexity index is 411. The number of carbonyl (C=O) groups excluding carboxylic acids is 2. The lowest BCUT2D eigenvalue weighted by molar-refractivity contribution is -0.148. The minimum absolute atomic E-state index is 0.0514. The molecule has 1 aromatic rings. The summed E-state index contributed by atoms with van der Waals surface area (Å²) in [6, 6.07) is 1.41. The van der Waals surface area contributed by atoms with Gasteiger partial charge in [0.2, 0.25) is 11.8 Å². The van der Waals surface area contributed by atoms with Gasteiger partial charge in [0, 0.05) is 12.1 Å². The van der Waals surface area contributed by atoms with Crippen molar-refractivity contribution in [2.24, 2.45) is 5.92 Å². The van der Waals surface area contributed by atoms with E-state index in [2.05, 4.69) is 5.32 Å². The number of nitrogens with zero attached hydrogens (tertiary/aromatic N) is 1. The van der Waals surface area contributed by atoms with Gasteiger partial charge in [-0.25, -0.2) is 0 Å². The molecule has 0 radical (unpaired) electrons. The van der Waals surface area contributed by atoms with E-state index in [4.69, 9.17) is 4.42 Å². The second kappa shape index (κ2) is 4.61. The van der Waals surface area contributed by atoms with E-state index < -0.39 is 6.04 Å². The molecule has 17 heavy (non-hydrogen) atoms. The average Bonchev–Trinajstić information content (AvgIpc) is 2.76. The normalized spacial score (nSPS) is 20.9. The van der Waals surface area contributed by atoms with Crippen molar-refractivity contribution in [2.75, 3.05) is 6.54 Å². The Morgan fingerprint density at radius 3 is 2.88 bits per heavy atom. The summed E-state index contributed by atoms with van der Waals surface area (Å²) in [7, 11) is 0. The Balaban J connectivity index is 2.20. The van der Waals surface area contributed by atoms with Crippen molar-refractivity contribution >= 4 is 11.8 Å². The van der Waals surface area contributed by atoms with Crippen molar-refractivity contribution in [1.29, 1.82) is 0 Å². The number of piperazine rings is 1. The molecule has 1 unspecified atom stereocenters. The van der Waals surface area contributed by atoms with Crippen LogP contribution in [0.5, 0.6) is 0 Å². The smallest absolute Gasteiger partial charge is 0.243 e. The molecule has 0 aliphatic carbocycles. The lowest BCUT2D eigenvalue weighted by Gasteiger charge is -2.36. The fraction of sp³-hybridized carbons (Fsp3) is 0.500. The zero-order valence-corrected chi connectivity index (χ0v) is 9.97. The van der Waals surface area contributed by atoms with Crippen molar-refractivity contribution in [3.63, 3.8) is 0 Å². The van der Waals surface area contributed by atoms with Gasteiger partial charge in [-0.1, -0.05) is 13.8 Å². The summed E-state index contributed by atoms with van der Waals surface area (Å²) in [4.78, 5) is 25.3. The van der Waals surface area contributed by atoms with Gasteiger partial charge in [0.1, 0.15) is 6.04 Å². The quantitative estimate of drug-likeness (QED) is 0.842. The van der Waals surface area contributed by atoms with Crippen LogP contribution in [0.4, 0.5) is 0 Å². The highest BCUT2D eigenvalue weighted by atomic mass is 16.3. The largest absolute Gasteiger partial charge is 0.472 e. The monoisotopic (exact) mass is 236 g/mol. The molecule has 0 saturated carbocycles. The van der Waals surface area contributed by atoms with E-state index in [-0.39, 0.29) is 24.3 Å². The highest BCUT2D eigenvalue weighted by Crippen LogP contribution is 2.18. The predicted octanol–water partition coefficient (Wildman–Crippen LogP) is 0.763. The van der Waals surface area contributed by atoms with Gasteiger partial charge in [-0.3, -0.25) is 9.59 Å². The third-order valence-corrected chi connectivity index (χ3v) is 2.90. The van der Waals surface area contributed by atoms with E-state index in [1.807, 2.05) is 13.8 Å². The zero-order chi connectivity index (χ0) is 12.4. The maximum atomic E-state index is 11.9. The molecule has 1 aliphatic heterocycles. The predicted molar refractivity (Wildman–Crippen MR) is 60.9 cm³/mol. The van der Waals surface area contributed by atoms with Crippen LogP contribution in [0.1, 0.15) is 19.4 Å². The molecule has 2 rings (SSSR count). The van der Waals surface area contributed by atoms with Gasteiger partial charge < -0.3 is 14.6 Å². The van der Waals surface area contributed by atoms with Crippen molar-refractivity contribution in [2.45, 2.75) is 26.4 Å². The number of furan rings is 1. The molecule has 1 aliphatic rings. The van der Waals surface area contributed by atoms with Gasteiger partial charge >= 0.3 is 0 Å². The lowest BCUT2D eigenvalue weighted by Crippen LogP contribution is -2.59. The van der Waals surface area contributed by atoms with E-state index in [9.17, 15) is 9.59 Å². The molecule has 0 spiro atoms. The lowest BCUT2D eigenvalue weighted by atomic mass is 9.99. The average molecular weight is 236 g/mol. The van der Waals surface area contributed by atoms with E-state index >= 15 is 0 Å². The van der Waals surface area contributed by atoms with Crippen molar-refractivity contribution in [3.8, 4) is 0 Å². The maximum Gasteiger partial charge on any atom is 0.243 e. The maximum absolute atomic E-state index is 11.9. The molecule has 1 atom stereocenters. The van der Waals surface area contributed by atoms with Crippen LogP contribution >= 0.6 is 0 Å². The molecule has 1 aromatic heterocycles. The molecule has 5 nitrogen and oxygen atoms in total. The fourth-order valence-corrected chi connectivity index (χ4v) is 2.09. The topological polar surface area (TPSA) is 62.6 Å². The van der Waals surface area contributed by atoms with Crippen LogP contribution in [-0.2, 0) is 16.1 Å². The number of rotatable bonds is 3. The summed E-state index contributed by atoms with van der Waals surface area (Å²) in [6.45, 7) is 4.38. The van der Waals surface area contributed by atoms with Gasteiger partial charge in [0.25, 0.3) is 0 Å². The number of hydrogen-bond donors (Lipinski definition) is 1. The number of hydrogen-bond acceptors (Lipinski definition) is 3. The van der Waals surface area contributed by atoms with Gasteiger partial charge in [-0.05, 0) is 12.0 Å². The van der Waals surface area contributed by atoms with Crippen LogP contribution in [0.2, 0.25) is 0 Å². The second-order valence-corrected chi connectivity index (χ2v) is 4.56. The van der Waals surface area contributed by atoms with Crippen LogP contribution in [0.15, 0.2) is 23.0 Å². The first-order valence-electron chi connectivity index (χ1n) is 5.68. The Kier molecular flexibility index (Phi) is 3.17. The van der Waals surface area contributed by atoms with Crippen LogP contribution in [-0.4, -0.2) is 29.3 Å². The Labute approximate surface area is 99.8 Å². The van der Waals surface area contributed by atoms with Crippen LogP contribution in [0.25, 0.3) is 0 Å². The summed E-state index contributed by atoms with van der Waals surface area (Å²) in [6.07, 6.45) is 3.16. The summed E-state index contributed by atoms with van der Waals surface area (Å²) < 4.78 is 4.98. The molecule has 2 heterocycles. The molecule has 1 fully saturated rings.